The Kier molecular flexibility index (Phi) is 17.7. The molecule has 4 aliphatic rings. The van der Waals surface area contributed by atoms with Crippen molar-refractivity contribution < 1.29 is 89.4 Å². The first-order valence-electron chi connectivity index (χ1n) is 15.1. The number of imide groups is 1. The van der Waals surface area contributed by atoms with Crippen molar-refractivity contribution in [1.29, 1.82) is 0 Å². The number of nitrogens with zero attached hydrogens (tertiary/aromatic N) is 2. The van der Waals surface area contributed by atoms with Gasteiger partial charge in [-0.05, 0) is 36.2 Å². The van der Waals surface area contributed by atoms with Crippen LogP contribution in [0.15, 0.2) is 61.8 Å². The average molecular weight is 801 g/mol. The molecule has 9 nitrogen and oxygen atoms in total. The third-order valence-electron chi connectivity index (χ3n) is 6.96. The molecule has 11 heteroatoms. The standard InChI is InChI=1S/C15H13N2O2.C14H11N2O3.2C4H9.2Y/c1-9-7-8-13(14(18)16-9)17-10(2)11-5-3-4-6-12(11)15(17)19;1-8-9-4-2-3-5-10(9)14(19)16(8)11-6-7-12(17)15-13(11)18;2*1-4(2)3;;/h4-6,13H,1-2,7-8H2,(H,16,18);2-3,5,11H,1,6-7H2,(H,15,17,18);2*1-3H3;;/q4*-1;;. The number of hydrogen-bond acceptors (Lipinski definition) is 5. The maximum absolute atomic E-state index is 12.4. The van der Waals surface area contributed by atoms with Crippen molar-refractivity contribution in [3.05, 3.63) is 108 Å². The van der Waals surface area contributed by atoms with Crippen LogP contribution in [-0.4, -0.2) is 51.4 Å². The maximum Gasteiger partial charge on any atom is 0.248 e. The van der Waals surface area contributed by atoms with E-state index in [0.717, 1.165) is 5.56 Å². The summed E-state index contributed by atoms with van der Waals surface area (Å²) in [7, 11) is 0. The van der Waals surface area contributed by atoms with Crippen molar-refractivity contribution in [1.82, 2.24) is 20.4 Å². The maximum atomic E-state index is 12.4. The van der Waals surface area contributed by atoms with Crippen LogP contribution in [0, 0.1) is 24.0 Å². The van der Waals surface area contributed by atoms with Crippen molar-refractivity contribution in [3.8, 4) is 0 Å². The molecule has 2 atom stereocenters. The molecule has 2 radical (unpaired) electrons. The summed E-state index contributed by atoms with van der Waals surface area (Å²) in [6.07, 6.45) is 1.81. The summed E-state index contributed by atoms with van der Waals surface area (Å²) in [5.41, 5.74) is 4.20. The number of piperidine rings is 2. The summed E-state index contributed by atoms with van der Waals surface area (Å²) < 4.78 is 0. The molecular formula is C37H42N4O5Y2-4. The Morgan fingerprint density at radius 2 is 1.23 bits per heavy atom. The predicted octanol–water partition coefficient (Wildman–Crippen LogP) is 5.66. The fourth-order valence-electron chi connectivity index (χ4n) is 5.06. The quantitative estimate of drug-likeness (QED) is 0.301. The molecule has 2 saturated heterocycles. The van der Waals surface area contributed by atoms with E-state index in [1.54, 1.807) is 36.4 Å². The first-order valence-corrected chi connectivity index (χ1v) is 15.1. The van der Waals surface area contributed by atoms with Crippen LogP contribution in [0.4, 0.5) is 0 Å². The van der Waals surface area contributed by atoms with E-state index in [1.165, 1.54) is 21.6 Å². The van der Waals surface area contributed by atoms with Gasteiger partial charge in [-0.3, -0.25) is 29.3 Å². The molecule has 0 aromatic heterocycles. The van der Waals surface area contributed by atoms with Crippen molar-refractivity contribution in [3.63, 3.8) is 0 Å². The second-order valence-corrected chi connectivity index (χ2v) is 12.3. The number of carbonyl (C=O) groups is 5. The normalized spacial score (nSPS) is 19.3. The number of hydrogen-bond donors (Lipinski definition) is 2. The molecule has 0 saturated carbocycles. The Morgan fingerprint density at radius 1 is 0.708 bits per heavy atom. The van der Waals surface area contributed by atoms with Gasteiger partial charge in [0, 0.05) is 77.5 Å². The number of fused-ring (bicyclic) bond motifs is 2. The van der Waals surface area contributed by atoms with Gasteiger partial charge < -0.3 is 27.0 Å². The smallest absolute Gasteiger partial charge is 0.248 e. The van der Waals surface area contributed by atoms with E-state index in [1.807, 2.05) is 0 Å². The van der Waals surface area contributed by atoms with Crippen LogP contribution in [0.3, 0.4) is 0 Å². The van der Waals surface area contributed by atoms with E-state index in [9.17, 15) is 24.0 Å². The third-order valence-corrected chi connectivity index (χ3v) is 6.96. The second kappa shape index (κ2) is 19.6. The minimum absolute atomic E-state index is 0. The zero-order valence-corrected chi connectivity index (χ0v) is 34.3. The van der Waals surface area contributed by atoms with Crippen LogP contribution < -0.4 is 10.6 Å². The molecule has 2 aromatic carbocycles. The molecule has 2 aromatic rings. The molecule has 5 amide bonds. The number of carbonyl (C=O) groups excluding carboxylic acids is 5. The molecule has 48 heavy (non-hydrogen) atoms. The summed E-state index contributed by atoms with van der Waals surface area (Å²) >= 11 is 0. The van der Waals surface area contributed by atoms with Gasteiger partial charge in [0.1, 0.15) is 12.1 Å². The van der Waals surface area contributed by atoms with Gasteiger partial charge >= 0.3 is 0 Å². The van der Waals surface area contributed by atoms with Gasteiger partial charge in [-0.15, -0.1) is 36.4 Å². The molecular weight excluding hydrogens is 758 g/mol. The van der Waals surface area contributed by atoms with E-state index in [4.69, 9.17) is 0 Å². The largest absolute Gasteiger partial charge is 0.345 e. The monoisotopic (exact) mass is 800 g/mol. The first-order chi connectivity index (χ1) is 21.6. The van der Waals surface area contributed by atoms with Gasteiger partial charge in [-0.2, -0.15) is 65.8 Å². The molecule has 0 spiro atoms. The van der Waals surface area contributed by atoms with Gasteiger partial charge in [0.05, 0.1) is 0 Å². The fraction of sp³-hybridized carbons (Fsp3) is 0.324. The topological polar surface area (TPSA) is 116 Å². The van der Waals surface area contributed by atoms with Crippen LogP contribution in [-0.2, 0) is 79.8 Å². The SMILES string of the molecule is C=C1CCC(N2C(=C)c3c[c-]ccc3C2=O)C(=O)N1.C=C1c2[c-]cccc2C(=O)N1C1CCC(=O)NC1=O.C[C-](C)C.C[C-](C)C.[Y].[Y]. The Balaban J connectivity index is 0.000000380. The summed E-state index contributed by atoms with van der Waals surface area (Å²) in [5.74, 6) is 1.47. The Hall–Kier alpha value is -2.58. The van der Waals surface area contributed by atoms with Crippen molar-refractivity contribution >= 4 is 40.9 Å². The molecule has 4 aliphatic heterocycles. The fourth-order valence-corrected chi connectivity index (χ4v) is 5.06. The van der Waals surface area contributed by atoms with Crippen molar-refractivity contribution in [2.24, 2.45) is 0 Å². The summed E-state index contributed by atoms with van der Waals surface area (Å²) in [4.78, 5) is 62.6. The predicted molar refractivity (Wildman–Crippen MR) is 178 cm³/mol. The number of nitrogens with one attached hydrogen (secondary N) is 2. The molecule has 2 N–H and O–H groups in total. The van der Waals surface area contributed by atoms with Gasteiger partial charge in [-0.25, -0.2) is 0 Å². The molecule has 2 fully saturated rings. The van der Waals surface area contributed by atoms with E-state index in [2.05, 4.69) is 84.0 Å². The first kappa shape index (κ1) is 43.4. The second-order valence-electron chi connectivity index (χ2n) is 12.3. The average Bonchev–Trinajstić information content (AvgIpc) is 3.38. The summed E-state index contributed by atoms with van der Waals surface area (Å²) in [6.45, 7) is 24.0. The third kappa shape index (κ3) is 10.7. The zero-order valence-electron chi connectivity index (χ0n) is 28.7. The van der Waals surface area contributed by atoms with Crippen LogP contribution in [0.1, 0.15) is 99.1 Å². The number of rotatable bonds is 2. The Bertz CT molecular complexity index is 1380. The van der Waals surface area contributed by atoms with Crippen LogP contribution in [0.5, 0.6) is 0 Å². The molecule has 0 bridgehead atoms. The molecule has 250 valence electrons. The van der Waals surface area contributed by atoms with Gasteiger partial charge in [0.15, 0.2) is 0 Å². The van der Waals surface area contributed by atoms with Crippen molar-refractivity contribution in [2.45, 2.75) is 79.3 Å². The van der Waals surface area contributed by atoms with Gasteiger partial charge in [0.2, 0.25) is 29.5 Å². The number of amides is 5. The van der Waals surface area contributed by atoms with Crippen LogP contribution >= 0.6 is 0 Å². The molecule has 4 heterocycles. The minimum Gasteiger partial charge on any atom is -0.345 e. The van der Waals surface area contributed by atoms with Gasteiger partial charge in [0.25, 0.3) is 0 Å². The van der Waals surface area contributed by atoms with E-state index in [-0.39, 0.29) is 95.5 Å². The molecule has 6 rings (SSSR count). The number of benzene rings is 2. The summed E-state index contributed by atoms with van der Waals surface area (Å²) in [6, 6.07) is 15.0. The number of allylic oxidation sites excluding steroid dienone is 1. The Morgan fingerprint density at radius 3 is 1.75 bits per heavy atom. The minimum atomic E-state index is -0.668. The van der Waals surface area contributed by atoms with Crippen LogP contribution in [0.25, 0.3) is 11.4 Å². The molecule has 2 unspecified atom stereocenters. The van der Waals surface area contributed by atoms with Crippen LogP contribution in [0.2, 0.25) is 0 Å². The summed E-state index contributed by atoms with van der Waals surface area (Å²) in [5, 5.41) is 4.95. The zero-order chi connectivity index (χ0) is 34.3. The molecule has 0 aliphatic carbocycles. The van der Waals surface area contributed by atoms with Crippen molar-refractivity contribution in [2.75, 3.05) is 0 Å². The van der Waals surface area contributed by atoms with E-state index < -0.39 is 18.0 Å². The van der Waals surface area contributed by atoms with E-state index in [0.29, 0.717) is 53.0 Å². The Labute approximate surface area is 335 Å². The van der Waals surface area contributed by atoms with Gasteiger partial charge in [-0.1, -0.05) is 24.3 Å². The van der Waals surface area contributed by atoms with E-state index >= 15 is 0 Å².